The molecular formula is C17H33NO. The third kappa shape index (κ3) is 3.52. The molecule has 112 valence electrons. The minimum atomic E-state index is -0.0298. The van der Waals surface area contributed by atoms with Gasteiger partial charge in [0.05, 0.1) is 5.60 Å². The first kappa shape index (κ1) is 15.3. The van der Waals surface area contributed by atoms with Crippen LogP contribution >= 0.6 is 0 Å². The van der Waals surface area contributed by atoms with Crippen molar-refractivity contribution in [3.8, 4) is 0 Å². The lowest BCUT2D eigenvalue weighted by Crippen LogP contribution is -2.54. The molecule has 2 fully saturated rings. The number of methoxy groups -OCH3 is 1. The summed E-state index contributed by atoms with van der Waals surface area (Å²) in [6.07, 6.45) is 11.6. The lowest BCUT2D eigenvalue weighted by atomic mass is 9.68. The molecule has 2 aliphatic carbocycles. The number of hydrogen-bond acceptors (Lipinski definition) is 2. The SMILES string of the molecule is COC1(C(N)C2CC(C)CC(C)C2)CCCCCC1. The maximum absolute atomic E-state index is 6.74. The highest BCUT2D eigenvalue weighted by Gasteiger charge is 2.42. The zero-order valence-electron chi connectivity index (χ0n) is 13.2. The molecular weight excluding hydrogens is 234 g/mol. The van der Waals surface area contributed by atoms with Crippen molar-refractivity contribution in [2.24, 2.45) is 23.5 Å². The monoisotopic (exact) mass is 267 g/mol. The van der Waals surface area contributed by atoms with Gasteiger partial charge in [0.25, 0.3) is 0 Å². The Balaban J connectivity index is 2.08. The summed E-state index contributed by atoms with van der Waals surface area (Å²) >= 11 is 0. The first-order valence-electron chi connectivity index (χ1n) is 8.38. The molecule has 2 saturated carbocycles. The molecule has 2 nitrogen and oxygen atoms in total. The standard InChI is InChI=1S/C17H33NO/c1-13-10-14(2)12-15(11-13)16(18)17(19-3)8-6-4-5-7-9-17/h13-16H,4-12,18H2,1-3H3. The van der Waals surface area contributed by atoms with Gasteiger partial charge < -0.3 is 10.5 Å². The van der Waals surface area contributed by atoms with Crippen molar-refractivity contribution in [3.05, 3.63) is 0 Å². The average Bonchev–Trinajstić information content (AvgIpc) is 2.63. The van der Waals surface area contributed by atoms with Crippen molar-refractivity contribution >= 4 is 0 Å². The summed E-state index contributed by atoms with van der Waals surface area (Å²) in [7, 11) is 1.89. The summed E-state index contributed by atoms with van der Waals surface area (Å²) in [5.74, 6) is 2.33. The Bertz CT molecular complexity index is 260. The highest BCUT2D eigenvalue weighted by Crippen LogP contribution is 2.41. The zero-order valence-corrected chi connectivity index (χ0v) is 13.2. The summed E-state index contributed by atoms with van der Waals surface area (Å²) in [4.78, 5) is 0. The lowest BCUT2D eigenvalue weighted by Gasteiger charge is -2.44. The topological polar surface area (TPSA) is 35.2 Å². The Hall–Kier alpha value is -0.0800. The van der Waals surface area contributed by atoms with Crippen LogP contribution in [0.5, 0.6) is 0 Å². The molecule has 0 aromatic rings. The van der Waals surface area contributed by atoms with Gasteiger partial charge in [-0.25, -0.2) is 0 Å². The van der Waals surface area contributed by atoms with E-state index in [1.54, 1.807) is 0 Å². The molecule has 3 unspecified atom stereocenters. The van der Waals surface area contributed by atoms with E-state index in [1.165, 1.54) is 57.8 Å². The fourth-order valence-corrected chi connectivity index (χ4v) is 4.73. The van der Waals surface area contributed by atoms with Crippen molar-refractivity contribution in [2.45, 2.75) is 83.3 Å². The van der Waals surface area contributed by atoms with Gasteiger partial charge in [-0.3, -0.25) is 0 Å². The molecule has 0 radical (unpaired) electrons. The minimum absolute atomic E-state index is 0.0298. The number of hydrogen-bond donors (Lipinski definition) is 1. The van der Waals surface area contributed by atoms with Gasteiger partial charge in [0.15, 0.2) is 0 Å². The molecule has 0 aromatic heterocycles. The van der Waals surface area contributed by atoms with Gasteiger partial charge >= 0.3 is 0 Å². The van der Waals surface area contributed by atoms with E-state index >= 15 is 0 Å². The van der Waals surface area contributed by atoms with Crippen LogP contribution in [-0.2, 0) is 4.74 Å². The highest BCUT2D eigenvalue weighted by molar-refractivity contribution is 4.97. The van der Waals surface area contributed by atoms with Crippen LogP contribution < -0.4 is 5.73 Å². The number of nitrogens with two attached hydrogens (primary N) is 1. The molecule has 2 heteroatoms. The average molecular weight is 267 g/mol. The van der Waals surface area contributed by atoms with Gasteiger partial charge in [-0.2, -0.15) is 0 Å². The predicted molar refractivity (Wildman–Crippen MR) is 81.1 cm³/mol. The van der Waals surface area contributed by atoms with Gasteiger partial charge in [-0.15, -0.1) is 0 Å². The maximum Gasteiger partial charge on any atom is 0.0831 e. The number of rotatable bonds is 3. The Labute approximate surface area is 119 Å². The quantitative estimate of drug-likeness (QED) is 0.780. The van der Waals surface area contributed by atoms with Gasteiger partial charge in [0.1, 0.15) is 0 Å². The van der Waals surface area contributed by atoms with Crippen molar-refractivity contribution in [1.82, 2.24) is 0 Å². The summed E-state index contributed by atoms with van der Waals surface area (Å²) in [6.45, 7) is 4.78. The van der Waals surface area contributed by atoms with Crippen LogP contribution in [0.2, 0.25) is 0 Å². The Kier molecular flexibility index (Phi) is 5.30. The molecule has 0 spiro atoms. The van der Waals surface area contributed by atoms with E-state index in [9.17, 15) is 0 Å². The summed E-state index contributed by atoms with van der Waals surface area (Å²) in [5, 5.41) is 0. The van der Waals surface area contributed by atoms with Crippen LogP contribution in [0, 0.1) is 17.8 Å². The molecule has 0 heterocycles. The van der Waals surface area contributed by atoms with Crippen molar-refractivity contribution < 1.29 is 4.74 Å². The smallest absolute Gasteiger partial charge is 0.0831 e. The third-order valence-corrected chi connectivity index (χ3v) is 5.69. The lowest BCUT2D eigenvalue weighted by molar-refractivity contribution is -0.0652. The van der Waals surface area contributed by atoms with Crippen molar-refractivity contribution in [2.75, 3.05) is 7.11 Å². The van der Waals surface area contributed by atoms with E-state index in [1.807, 2.05) is 7.11 Å². The van der Waals surface area contributed by atoms with Crippen LogP contribution in [0.3, 0.4) is 0 Å². The molecule has 2 aliphatic rings. The largest absolute Gasteiger partial charge is 0.377 e. The summed E-state index contributed by atoms with van der Waals surface area (Å²) in [5.41, 5.74) is 6.71. The van der Waals surface area contributed by atoms with Crippen molar-refractivity contribution in [1.29, 1.82) is 0 Å². The van der Waals surface area contributed by atoms with E-state index < -0.39 is 0 Å². The molecule has 0 bridgehead atoms. The van der Waals surface area contributed by atoms with E-state index in [4.69, 9.17) is 10.5 Å². The fraction of sp³-hybridized carbons (Fsp3) is 1.00. The molecule has 2 N–H and O–H groups in total. The van der Waals surface area contributed by atoms with Crippen molar-refractivity contribution in [3.63, 3.8) is 0 Å². The first-order valence-corrected chi connectivity index (χ1v) is 8.38. The highest BCUT2D eigenvalue weighted by atomic mass is 16.5. The molecule has 3 atom stereocenters. The predicted octanol–water partition coefficient (Wildman–Crippen LogP) is 4.13. The minimum Gasteiger partial charge on any atom is -0.377 e. The Morgan fingerprint density at radius 2 is 1.47 bits per heavy atom. The molecule has 0 saturated heterocycles. The van der Waals surface area contributed by atoms with Gasteiger partial charge in [0, 0.05) is 13.2 Å². The molecule has 0 aromatic carbocycles. The fourth-order valence-electron chi connectivity index (χ4n) is 4.73. The Morgan fingerprint density at radius 1 is 0.947 bits per heavy atom. The van der Waals surface area contributed by atoms with Crippen LogP contribution in [0.1, 0.15) is 71.6 Å². The summed E-state index contributed by atoms with van der Waals surface area (Å²) in [6, 6.07) is 0.237. The van der Waals surface area contributed by atoms with E-state index in [0.717, 1.165) is 11.8 Å². The molecule has 2 rings (SSSR count). The maximum atomic E-state index is 6.74. The van der Waals surface area contributed by atoms with E-state index in [-0.39, 0.29) is 11.6 Å². The summed E-state index contributed by atoms with van der Waals surface area (Å²) < 4.78 is 6.02. The van der Waals surface area contributed by atoms with Crippen LogP contribution in [0.15, 0.2) is 0 Å². The van der Waals surface area contributed by atoms with Gasteiger partial charge in [-0.1, -0.05) is 39.5 Å². The number of ether oxygens (including phenoxy) is 1. The third-order valence-electron chi connectivity index (χ3n) is 5.69. The second-order valence-electron chi connectivity index (χ2n) is 7.39. The van der Waals surface area contributed by atoms with Crippen LogP contribution in [-0.4, -0.2) is 18.8 Å². The molecule has 0 aliphatic heterocycles. The molecule has 0 amide bonds. The second kappa shape index (κ2) is 6.58. The normalized spacial score (nSPS) is 37.6. The van der Waals surface area contributed by atoms with Crippen LogP contribution in [0.4, 0.5) is 0 Å². The first-order chi connectivity index (χ1) is 9.07. The zero-order chi connectivity index (χ0) is 13.9. The van der Waals surface area contributed by atoms with Gasteiger partial charge in [0.2, 0.25) is 0 Å². The van der Waals surface area contributed by atoms with E-state index in [0.29, 0.717) is 5.92 Å². The van der Waals surface area contributed by atoms with E-state index in [2.05, 4.69) is 13.8 Å². The Morgan fingerprint density at radius 3 is 1.95 bits per heavy atom. The van der Waals surface area contributed by atoms with Gasteiger partial charge in [-0.05, 0) is 49.9 Å². The molecule has 19 heavy (non-hydrogen) atoms. The van der Waals surface area contributed by atoms with Crippen LogP contribution in [0.25, 0.3) is 0 Å². The second-order valence-corrected chi connectivity index (χ2v) is 7.39.